The highest BCUT2D eigenvalue weighted by atomic mass is 35.5. The smallest absolute Gasteiger partial charge is 0.157 e. The van der Waals surface area contributed by atoms with Crippen LogP contribution < -0.4 is 10.5 Å². The first-order valence-electron chi connectivity index (χ1n) is 5.74. The maximum atomic E-state index is 14.2. The van der Waals surface area contributed by atoms with Crippen LogP contribution >= 0.6 is 47.0 Å². The summed E-state index contributed by atoms with van der Waals surface area (Å²) in [6.45, 7) is -0.0661. The number of ether oxygens (including phenoxy) is 1. The summed E-state index contributed by atoms with van der Waals surface area (Å²) in [5.74, 6) is -0.283. The van der Waals surface area contributed by atoms with Gasteiger partial charge in [-0.05, 0) is 18.2 Å². The van der Waals surface area contributed by atoms with Crippen LogP contribution in [-0.2, 0) is 6.61 Å². The van der Waals surface area contributed by atoms with Gasteiger partial charge in [-0.15, -0.1) is 0 Å². The minimum absolute atomic E-state index is 0.0168. The average Bonchev–Trinajstić information content (AvgIpc) is 2.38. The molecule has 0 spiro atoms. The highest BCUT2D eigenvalue weighted by molar-refractivity contribution is 7.80. The van der Waals surface area contributed by atoms with Crippen LogP contribution in [0.25, 0.3) is 0 Å². The first-order valence-corrected chi connectivity index (χ1v) is 7.29. The summed E-state index contributed by atoms with van der Waals surface area (Å²) in [5.41, 5.74) is 5.91. The van der Waals surface area contributed by atoms with Crippen LogP contribution in [0.1, 0.15) is 11.1 Å². The van der Waals surface area contributed by atoms with Crippen LogP contribution in [0.4, 0.5) is 4.39 Å². The second-order valence-electron chi connectivity index (χ2n) is 4.13. The van der Waals surface area contributed by atoms with Gasteiger partial charge in [-0.3, -0.25) is 0 Å². The standard InChI is InChI=1S/C14H9Cl3FNOS/c15-8-4-10(16)13(11(17)5-8)20-6-7-2-1-3-9(12(7)18)14(19)21/h1-5H,6H2,(H2,19,21). The highest BCUT2D eigenvalue weighted by Gasteiger charge is 2.13. The Balaban J connectivity index is 2.25. The minimum Gasteiger partial charge on any atom is -0.486 e. The van der Waals surface area contributed by atoms with Crippen molar-refractivity contribution in [1.29, 1.82) is 0 Å². The molecule has 0 saturated carbocycles. The summed E-state index contributed by atoms with van der Waals surface area (Å²) in [7, 11) is 0. The molecule has 2 aromatic rings. The predicted octanol–water partition coefficient (Wildman–Crippen LogP) is 5.00. The van der Waals surface area contributed by atoms with Gasteiger partial charge in [-0.25, -0.2) is 4.39 Å². The summed E-state index contributed by atoms with van der Waals surface area (Å²) in [6, 6.07) is 7.69. The lowest BCUT2D eigenvalue weighted by atomic mass is 10.1. The minimum atomic E-state index is -0.522. The molecule has 7 heteroatoms. The van der Waals surface area contributed by atoms with Crippen molar-refractivity contribution in [3.05, 3.63) is 62.3 Å². The zero-order chi connectivity index (χ0) is 15.6. The molecular weight excluding hydrogens is 356 g/mol. The zero-order valence-electron chi connectivity index (χ0n) is 10.5. The fourth-order valence-corrected chi connectivity index (χ4v) is 2.78. The van der Waals surface area contributed by atoms with Crippen molar-refractivity contribution in [2.24, 2.45) is 5.73 Å². The first-order chi connectivity index (χ1) is 9.90. The Bertz CT molecular complexity index is 686. The van der Waals surface area contributed by atoms with Crippen molar-refractivity contribution in [1.82, 2.24) is 0 Å². The fourth-order valence-electron chi connectivity index (χ4n) is 1.70. The van der Waals surface area contributed by atoms with Gasteiger partial charge in [0.1, 0.15) is 17.4 Å². The Hall–Kier alpha value is -1.07. The number of benzene rings is 2. The lowest BCUT2D eigenvalue weighted by Gasteiger charge is -2.12. The van der Waals surface area contributed by atoms with Crippen LogP contribution in [0.3, 0.4) is 0 Å². The van der Waals surface area contributed by atoms with Crippen LogP contribution in [0.15, 0.2) is 30.3 Å². The summed E-state index contributed by atoms with van der Waals surface area (Å²) >= 11 is 22.6. The summed E-state index contributed by atoms with van der Waals surface area (Å²) in [6.07, 6.45) is 0. The molecule has 0 fully saturated rings. The second-order valence-corrected chi connectivity index (χ2v) is 5.82. The van der Waals surface area contributed by atoms with E-state index in [1.54, 1.807) is 12.1 Å². The van der Waals surface area contributed by atoms with E-state index in [4.69, 9.17) is 57.5 Å². The first kappa shape index (κ1) is 16.3. The van der Waals surface area contributed by atoms with Crippen LogP contribution in [-0.4, -0.2) is 4.99 Å². The molecule has 110 valence electrons. The van der Waals surface area contributed by atoms with Crippen molar-refractivity contribution < 1.29 is 9.13 Å². The average molecular weight is 365 g/mol. The zero-order valence-corrected chi connectivity index (χ0v) is 13.6. The van der Waals surface area contributed by atoms with E-state index in [9.17, 15) is 4.39 Å². The Labute approximate surface area is 141 Å². The number of thiocarbonyl (C=S) groups is 1. The lowest BCUT2D eigenvalue weighted by molar-refractivity contribution is 0.300. The molecule has 0 heterocycles. The van der Waals surface area contributed by atoms with Gasteiger partial charge in [0, 0.05) is 16.1 Å². The number of halogens is 4. The van der Waals surface area contributed by atoms with Gasteiger partial charge in [-0.1, -0.05) is 59.2 Å². The van der Waals surface area contributed by atoms with E-state index in [1.807, 2.05) is 0 Å². The molecule has 21 heavy (non-hydrogen) atoms. The highest BCUT2D eigenvalue weighted by Crippen LogP contribution is 2.36. The normalized spacial score (nSPS) is 10.5. The van der Waals surface area contributed by atoms with Gasteiger partial charge in [0.15, 0.2) is 5.75 Å². The fraction of sp³-hybridized carbons (Fsp3) is 0.0714. The van der Waals surface area contributed by atoms with E-state index in [-0.39, 0.29) is 33.0 Å². The van der Waals surface area contributed by atoms with Crippen molar-refractivity contribution >= 4 is 52.0 Å². The molecular formula is C14H9Cl3FNOS. The molecule has 0 unspecified atom stereocenters. The number of hydrogen-bond donors (Lipinski definition) is 1. The quantitative estimate of drug-likeness (QED) is 0.775. The van der Waals surface area contributed by atoms with E-state index in [0.29, 0.717) is 10.6 Å². The summed E-state index contributed by atoms with van der Waals surface area (Å²) < 4.78 is 19.6. The number of rotatable bonds is 4. The lowest BCUT2D eigenvalue weighted by Crippen LogP contribution is -2.13. The maximum absolute atomic E-state index is 14.2. The number of nitrogens with two attached hydrogens (primary N) is 1. The van der Waals surface area contributed by atoms with Crippen molar-refractivity contribution in [2.45, 2.75) is 6.61 Å². The van der Waals surface area contributed by atoms with Crippen LogP contribution in [0.2, 0.25) is 15.1 Å². The van der Waals surface area contributed by atoms with Crippen molar-refractivity contribution in [3.8, 4) is 5.75 Å². The molecule has 0 radical (unpaired) electrons. The molecule has 0 bridgehead atoms. The molecule has 0 aliphatic carbocycles. The van der Waals surface area contributed by atoms with Gasteiger partial charge in [0.2, 0.25) is 0 Å². The maximum Gasteiger partial charge on any atom is 0.157 e. The molecule has 0 aromatic heterocycles. The molecule has 2 aromatic carbocycles. The Morgan fingerprint density at radius 2 is 1.81 bits per heavy atom. The Morgan fingerprint density at radius 1 is 1.19 bits per heavy atom. The van der Waals surface area contributed by atoms with Gasteiger partial charge >= 0.3 is 0 Å². The molecule has 0 amide bonds. The van der Waals surface area contributed by atoms with E-state index in [2.05, 4.69) is 0 Å². The molecule has 2 N–H and O–H groups in total. The number of hydrogen-bond acceptors (Lipinski definition) is 2. The molecule has 0 saturated heterocycles. The topological polar surface area (TPSA) is 35.2 Å². The Morgan fingerprint density at radius 3 is 2.38 bits per heavy atom. The summed E-state index contributed by atoms with van der Waals surface area (Å²) in [5, 5.41) is 0.885. The SMILES string of the molecule is NC(=S)c1cccc(COc2c(Cl)cc(Cl)cc2Cl)c1F. The van der Waals surface area contributed by atoms with E-state index in [1.165, 1.54) is 18.2 Å². The van der Waals surface area contributed by atoms with Gasteiger partial charge in [0.05, 0.1) is 10.0 Å². The third-order valence-corrected chi connectivity index (χ3v) is 3.68. The van der Waals surface area contributed by atoms with Gasteiger partial charge in [-0.2, -0.15) is 0 Å². The molecule has 0 aliphatic heterocycles. The molecule has 0 atom stereocenters. The third kappa shape index (κ3) is 3.77. The Kier molecular flexibility index (Phi) is 5.27. The van der Waals surface area contributed by atoms with E-state index >= 15 is 0 Å². The largest absolute Gasteiger partial charge is 0.486 e. The molecule has 2 nitrogen and oxygen atoms in total. The van der Waals surface area contributed by atoms with Gasteiger partial charge in [0.25, 0.3) is 0 Å². The van der Waals surface area contributed by atoms with Crippen molar-refractivity contribution in [3.63, 3.8) is 0 Å². The third-order valence-electron chi connectivity index (χ3n) is 2.68. The van der Waals surface area contributed by atoms with E-state index in [0.717, 1.165) is 0 Å². The van der Waals surface area contributed by atoms with Crippen LogP contribution in [0, 0.1) is 5.82 Å². The molecule has 0 aliphatic rings. The second kappa shape index (κ2) is 6.79. The summed E-state index contributed by atoms with van der Waals surface area (Å²) in [4.78, 5) is -0.0168. The molecule has 2 rings (SSSR count). The van der Waals surface area contributed by atoms with Crippen molar-refractivity contribution in [2.75, 3.05) is 0 Å². The van der Waals surface area contributed by atoms with Gasteiger partial charge < -0.3 is 10.5 Å². The van der Waals surface area contributed by atoms with Crippen LogP contribution in [0.5, 0.6) is 5.75 Å². The van der Waals surface area contributed by atoms with E-state index < -0.39 is 5.82 Å². The predicted molar refractivity (Wildman–Crippen MR) is 88.1 cm³/mol. The monoisotopic (exact) mass is 363 g/mol.